The summed E-state index contributed by atoms with van der Waals surface area (Å²) in [6.45, 7) is 10.6. The highest BCUT2D eigenvalue weighted by Crippen LogP contribution is 2.23. The first-order valence-electron chi connectivity index (χ1n) is 11.9. The topological polar surface area (TPSA) is 137 Å². The molecular weight excluding hydrogens is 535 g/mol. The van der Waals surface area contributed by atoms with Gasteiger partial charge in [0.1, 0.15) is 24.6 Å². The van der Waals surface area contributed by atoms with Gasteiger partial charge in [0.25, 0.3) is 11.8 Å². The fourth-order valence-electron chi connectivity index (χ4n) is 3.38. The zero-order valence-corrected chi connectivity index (χ0v) is 23.5. The fraction of sp³-hybridized carbons (Fsp3) is 0.462. The number of ether oxygens (including phenoxy) is 2. The van der Waals surface area contributed by atoms with Gasteiger partial charge in [0, 0.05) is 10.0 Å². The van der Waals surface area contributed by atoms with Crippen LogP contribution in [0.1, 0.15) is 83.5 Å². The number of nitrogens with one attached hydrogen (secondary N) is 2. The van der Waals surface area contributed by atoms with E-state index in [1.54, 1.807) is 0 Å². The molecule has 0 radical (unpaired) electrons. The molecule has 10 nitrogen and oxygen atoms in total. The predicted molar refractivity (Wildman–Crippen MR) is 140 cm³/mol. The number of esters is 2. The molecule has 12 heteroatoms. The van der Waals surface area contributed by atoms with Gasteiger partial charge >= 0.3 is 11.9 Å². The van der Waals surface area contributed by atoms with E-state index in [0.717, 1.165) is 0 Å². The van der Waals surface area contributed by atoms with Crippen molar-refractivity contribution < 1.29 is 28.7 Å². The van der Waals surface area contributed by atoms with Crippen LogP contribution in [-0.2, 0) is 9.47 Å². The monoisotopic (exact) mass is 564 g/mol. The van der Waals surface area contributed by atoms with Crippen molar-refractivity contribution >= 4 is 47.0 Å². The maximum Gasteiger partial charge on any atom is 0.357 e. The van der Waals surface area contributed by atoms with E-state index < -0.39 is 46.7 Å². The normalized spacial score (nSPS) is 19.9. The van der Waals surface area contributed by atoms with Crippen molar-refractivity contribution in [1.82, 2.24) is 20.6 Å². The zero-order valence-electron chi connectivity index (χ0n) is 22.0. The molecule has 0 spiro atoms. The SMILES string of the molecule is CC(C)(C)[C@H]1COC(=O)c2cc(Cl)cc(n2)C(=O)OC[C@H](C(C)(C)C)NC(=O)c2cc(Cl)cc(n2)C(=O)N1. The van der Waals surface area contributed by atoms with Gasteiger partial charge in [-0.05, 0) is 35.1 Å². The summed E-state index contributed by atoms with van der Waals surface area (Å²) >= 11 is 12.3. The lowest BCUT2D eigenvalue weighted by molar-refractivity contribution is 0.0363. The van der Waals surface area contributed by atoms with Gasteiger partial charge in [0.05, 0.1) is 12.1 Å². The van der Waals surface area contributed by atoms with Crippen LogP contribution in [0.2, 0.25) is 10.0 Å². The highest BCUT2D eigenvalue weighted by molar-refractivity contribution is 6.31. The summed E-state index contributed by atoms with van der Waals surface area (Å²) in [5.41, 5.74) is -1.69. The first-order valence-corrected chi connectivity index (χ1v) is 12.6. The van der Waals surface area contributed by atoms with Gasteiger partial charge in [-0.3, -0.25) is 9.59 Å². The molecule has 0 fully saturated rings. The van der Waals surface area contributed by atoms with E-state index in [2.05, 4.69) is 20.6 Å². The molecule has 0 aliphatic carbocycles. The van der Waals surface area contributed by atoms with Crippen molar-refractivity contribution in [2.75, 3.05) is 13.2 Å². The lowest BCUT2D eigenvalue weighted by Gasteiger charge is -2.31. The molecule has 0 aromatic carbocycles. The molecule has 0 saturated heterocycles. The Morgan fingerprint density at radius 3 is 1.32 bits per heavy atom. The van der Waals surface area contributed by atoms with Crippen molar-refractivity contribution in [1.29, 1.82) is 0 Å². The van der Waals surface area contributed by atoms with Crippen LogP contribution in [0.25, 0.3) is 0 Å². The van der Waals surface area contributed by atoms with E-state index in [1.165, 1.54) is 24.3 Å². The van der Waals surface area contributed by atoms with E-state index in [9.17, 15) is 19.2 Å². The third-order valence-electron chi connectivity index (χ3n) is 5.93. The zero-order chi connectivity index (χ0) is 28.4. The summed E-state index contributed by atoms with van der Waals surface area (Å²) < 4.78 is 10.8. The number of pyridine rings is 2. The molecule has 0 saturated carbocycles. The molecule has 1 aliphatic rings. The third-order valence-corrected chi connectivity index (χ3v) is 6.36. The number of fused-ring (bicyclic) bond motifs is 4. The highest BCUT2D eigenvalue weighted by atomic mass is 35.5. The molecule has 2 amide bonds. The van der Waals surface area contributed by atoms with E-state index >= 15 is 0 Å². The molecule has 3 heterocycles. The Hall–Kier alpha value is -3.24. The summed E-state index contributed by atoms with van der Waals surface area (Å²) in [5.74, 6) is -2.89. The molecule has 3 rings (SSSR count). The van der Waals surface area contributed by atoms with Gasteiger partial charge in [0.15, 0.2) is 11.4 Å². The molecular formula is C26H30Cl2N4O6. The van der Waals surface area contributed by atoms with Crippen LogP contribution in [0.15, 0.2) is 24.3 Å². The van der Waals surface area contributed by atoms with Crippen LogP contribution >= 0.6 is 23.2 Å². The van der Waals surface area contributed by atoms with Crippen molar-refractivity contribution in [2.24, 2.45) is 10.8 Å². The second kappa shape index (κ2) is 11.2. The summed E-state index contributed by atoms with van der Waals surface area (Å²) in [4.78, 5) is 60.1. The number of aromatic nitrogens is 2. The Balaban J connectivity index is 2.07. The molecule has 2 N–H and O–H groups in total. The summed E-state index contributed by atoms with van der Waals surface area (Å²) in [7, 11) is 0. The van der Waals surface area contributed by atoms with Crippen LogP contribution in [0.4, 0.5) is 0 Å². The summed E-state index contributed by atoms with van der Waals surface area (Å²) in [6.07, 6.45) is 0. The Labute approximate surface area is 230 Å². The molecule has 38 heavy (non-hydrogen) atoms. The van der Waals surface area contributed by atoms with Crippen molar-refractivity contribution in [3.63, 3.8) is 0 Å². The molecule has 2 aromatic rings. The highest BCUT2D eigenvalue weighted by Gasteiger charge is 2.32. The van der Waals surface area contributed by atoms with Gasteiger partial charge < -0.3 is 20.1 Å². The van der Waals surface area contributed by atoms with Crippen molar-refractivity contribution in [2.45, 2.75) is 53.6 Å². The first-order chi connectivity index (χ1) is 17.5. The van der Waals surface area contributed by atoms with E-state index in [1.807, 2.05) is 41.5 Å². The molecule has 4 bridgehead atoms. The van der Waals surface area contributed by atoms with Crippen molar-refractivity contribution in [3.05, 3.63) is 57.1 Å². The number of hydrogen-bond donors (Lipinski definition) is 2. The number of halogens is 2. The molecule has 204 valence electrons. The molecule has 1 aliphatic heterocycles. The van der Waals surface area contributed by atoms with E-state index in [4.69, 9.17) is 32.7 Å². The van der Waals surface area contributed by atoms with Crippen LogP contribution in [0, 0.1) is 10.8 Å². The minimum absolute atomic E-state index is 0.0797. The number of carbonyl (C=O) groups excluding carboxylic acids is 4. The smallest absolute Gasteiger partial charge is 0.357 e. The van der Waals surface area contributed by atoms with Crippen LogP contribution < -0.4 is 10.6 Å². The van der Waals surface area contributed by atoms with Crippen LogP contribution in [0.3, 0.4) is 0 Å². The van der Waals surface area contributed by atoms with Crippen LogP contribution in [-0.4, -0.2) is 59.0 Å². The third kappa shape index (κ3) is 7.41. The van der Waals surface area contributed by atoms with E-state index in [0.29, 0.717) is 0 Å². The minimum atomic E-state index is -0.839. The maximum absolute atomic E-state index is 13.1. The second-order valence-corrected chi connectivity index (χ2v) is 12.0. The average Bonchev–Trinajstić information content (AvgIpc) is 2.80. The first kappa shape index (κ1) is 29.3. The molecule has 2 atom stereocenters. The number of carbonyl (C=O) groups is 4. The predicted octanol–water partition coefficient (Wildman–Crippen LogP) is 4.10. The lowest BCUT2D eigenvalue weighted by atomic mass is 9.87. The number of cyclic esters (lactones) is 2. The average molecular weight is 565 g/mol. The fourth-order valence-corrected chi connectivity index (χ4v) is 3.80. The second-order valence-electron chi connectivity index (χ2n) is 11.1. The number of hydrogen-bond acceptors (Lipinski definition) is 8. The lowest BCUT2D eigenvalue weighted by Crippen LogP contribution is -2.48. The van der Waals surface area contributed by atoms with Gasteiger partial charge in [-0.2, -0.15) is 0 Å². The Kier molecular flexibility index (Phi) is 8.68. The molecule has 2 aromatic heterocycles. The van der Waals surface area contributed by atoms with Gasteiger partial charge in [-0.25, -0.2) is 19.6 Å². The van der Waals surface area contributed by atoms with E-state index in [-0.39, 0.29) is 46.0 Å². The summed E-state index contributed by atoms with van der Waals surface area (Å²) in [5, 5.41) is 5.81. The van der Waals surface area contributed by atoms with Gasteiger partial charge in [-0.15, -0.1) is 0 Å². The molecule has 0 unspecified atom stereocenters. The van der Waals surface area contributed by atoms with Crippen molar-refractivity contribution in [3.8, 4) is 0 Å². The van der Waals surface area contributed by atoms with Gasteiger partial charge in [-0.1, -0.05) is 64.7 Å². The number of nitrogens with zero attached hydrogens (tertiary/aromatic N) is 2. The standard InChI is InChI=1S/C26H30Cl2N4O6/c1-25(2,3)19-11-37-23(35)17-9-14(28)10-18(30-17)24(36)38-12-20(26(4,5)6)32-22(34)16-8-13(27)7-15(29-16)21(33)31-19/h7-10,19-20H,11-12H2,1-6H3,(H,31,33)(H,32,34)/t19-,20-/m1/s1. The summed E-state index contributed by atoms with van der Waals surface area (Å²) in [6, 6.07) is 3.86. The number of amides is 2. The minimum Gasteiger partial charge on any atom is -0.459 e. The number of rotatable bonds is 0. The Morgan fingerprint density at radius 1 is 0.658 bits per heavy atom. The van der Waals surface area contributed by atoms with Crippen LogP contribution in [0.5, 0.6) is 0 Å². The Bertz CT molecular complexity index is 1180. The maximum atomic E-state index is 13.1. The Morgan fingerprint density at radius 2 is 0.974 bits per heavy atom. The largest absolute Gasteiger partial charge is 0.459 e. The van der Waals surface area contributed by atoms with Gasteiger partial charge in [0.2, 0.25) is 0 Å². The quantitative estimate of drug-likeness (QED) is 0.456.